The lowest BCUT2D eigenvalue weighted by atomic mass is 10.0. The van der Waals surface area contributed by atoms with Crippen molar-refractivity contribution in [1.82, 2.24) is 25.1 Å². The normalized spacial score (nSPS) is 18.5. The summed E-state index contributed by atoms with van der Waals surface area (Å²) in [4.78, 5) is 16.8. The van der Waals surface area contributed by atoms with Gasteiger partial charge in [0.2, 0.25) is 5.91 Å². The Labute approximate surface area is 184 Å². The van der Waals surface area contributed by atoms with Crippen molar-refractivity contribution in [3.8, 4) is 0 Å². The summed E-state index contributed by atoms with van der Waals surface area (Å²) in [5.74, 6) is 0.541. The first-order valence-electron chi connectivity index (χ1n) is 10.1. The number of amides is 1. The number of tetrazole rings is 1. The molecule has 3 heterocycles. The molecule has 0 spiro atoms. The number of hydrogen-bond donors (Lipinski definition) is 0. The fourth-order valence-corrected chi connectivity index (χ4v) is 4.05. The number of carbonyl (C=O) groups excluding carboxylic acids is 1. The van der Waals surface area contributed by atoms with Gasteiger partial charge in [-0.25, -0.2) is 0 Å². The number of aromatic nitrogens is 4. The van der Waals surface area contributed by atoms with E-state index in [1.165, 1.54) is 0 Å². The van der Waals surface area contributed by atoms with Crippen molar-refractivity contribution < 1.29 is 9.53 Å². The fourth-order valence-electron chi connectivity index (χ4n) is 3.93. The maximum Gasteiger partial charge on any atom is 0.251 e. The van der Waals surface area contributed by atoms with Crippen LogP contribution in [0.2, 0.25) is 5.02 Å². The molecule has 1 atom stereocenters. The Bertz CT molecular complexity index is 1090. The molecule has 1 amide bonds. The van der Waals surface area contributed by atoms with Gasteiger partial charge in [0, 0.05) is 18.1 Å². The molecule has 1 fully saturated rings. The molecular formula is C22H21ClN6O2. The zero-order valence-electron chi connectivity index (χ0n) is 16.8. The van der Waals surface area contributed by atoms with Crippen LogP contribution in [0.5, 0.6) is 0 Å². The Morgan fingerprint density at radius 1 is 1.06 bits per heavy atom. The fraction of sp³-hybridized carbons (Fsp3) is 0.273. The molecule has 0 N–H and O–H groups in total. The summed E-state index contributed by atoms with van der Waals surface area (Å²) in [7, 11) is 0. The summed E-state index contributed by atoms with van der Waals surface area (Å²) in [5.41, 5.74) is 2.87. The lowest BCUT2D eigenvalue weighted by Crippen LogP contribution is -2.46. The van der Waals surface area contributed by atoms with Crippen LogP contribution >= 0.6 is 11.6 Å². The summed E-state index contributed by atoms with van der Waals surface area (Å²) in [6, 6.07) is 17.4. The second kappa shape index (κ2) is 8.49. The summed E-state index contributed by atoms with van der Waals surface area (Å²) in [5, 5.41) is 13.1. The van der Waals surface area contributed by atoms with Crippen LogP contribution < -0.4 is 4.90 Å². The van der Waals surface area contributed by atoms with Crippen LogP contribution in [0.25, 0.3) is 5.70 Å². The molecule has 0 saturated carbocycles. The van der Waals surface area contributed by atoms with Crippen LogP contribution in [-0.2, 0) is 9.53 Å². The first kappa shape index (κ1) is 19.7. The van der Waals surface area contributed by atoms with Gasteiger partial charge < -0.3 is 9.64 Å². The van der Waals surface area contributed by atoms with Crippen LogP contribution in [0.15, 0.2) is 60.7 Å². The minimum atomic E-state index is -0.188. The van der Waals surface area contributed by atoms with Gasteiger partial charge in [0.15, 0.2) is 0 Å². The van der Waals surface area contributed by atoms with Crippen LogP contribution in [0.1, 0.15) is 17.2 Å². The summed E-state index contributed by atoms with van der Waals surface area (Å²) in [6.45, 7) is 2.42. The highest BCUT2D eigenvalue weighted by Gasteiger charge is 2.33. The van der Waals surface area contributed by atoms with Gasteiger partial charge in [-0.1, -0.05) is 59.2 Å². The van der Waals surface area contributed by atoms with Gasteiger partial charge in [0.25, 0.3) is 5.95 Å². The average Bonchev–Trinajstić information content (AvgIpc) is 3.31. The predicted octanol–water partition coefficient (Wildman–Crippen LogP) is 2.64. The van der Waals surface area contributed by atoms with E-state index in [1.54, 1.807) is 4.68 Å². The smallest absolute Gasteiger partial charge is 0.251 e. The highest BCUT2D eigenvalue weighted by Crippen LogP contribution is 2.36. The first-order chi connectivity index (χ1) is 15.2. The standard InChI is InChI=1S/C22H21ClN6O2/c23-18-8-6-17(7-9-18)19-14-20(16-4-2-1-3-5-16)29-22(24-25-26-29)28(19)15-21(30)27-10-12-31-13-11-27/h1-9,14,20H,10-13,15H2/t20-/m1/s1. The Kier molecular flexibility index (Phi) is 5.40. The number of halogens is 1. The molecule has 1 aromatic heterocycles. The van der Waals surface area contributed by atoms with Crippen LogP contribution in [0.4, 0.5) is 5.95 Å². The molecule has 2 aliphatic rings. The molecule has 31 heavy (non-hydrogen) atoms. The zero-order valence-corrected chi connectivity index (χ0v) is 17.5. The lowest BCUT2D eigenvalue weighted by Gasteiger charge is -2.34. The second-order valence-electron chi connectivity index (χ2n) is 7.42. The van der Waals surface area contributed by atoms with Gasteiger partial charge >= 0.3 is 0 Å². The number of morpholine rings is 1. The van der Waals surface area contributed by atoms with E-state index in [0.29, 0.717) is 37.3 Å². The number of fused-ring (bicyclic) bond motifs is 1. The Morgan fingerprint density at radius 3 is 2.55 bits per heavy atom. The number of carbonyl (C=O) groups is 1. The zero-order chi connectivity index (χ0) is 21.2. The molecule has 0 aliphatic carbocycles. The van der Waals surface area contributed by atoms with E-state index in [2.05, 4.69) is 21.6 Å². The van der Waals surface area contributed by atoms with E-state index < -0.39 is 0 Å². The van der Waals surface area contributed by atoms with E-state index in [-0.39, 0.29) is 18.5 Å². The van der Waals surface area contributed by atoms with Gasteiger partial charge in [-0.3, -0.25) is 9.69 Å². The van der Waals surface area contributed by atoms with Crippen molar-refractivity contribution in [3.63, 3.8) is 0 Å². The van der Waals surface area contributed by atoms with Crippen molar-refractivity contribution in [2.75, 3.05) is 37.7 Å². The third kappa shape index (κ3) is 3.92. The average molecular weight is 437 g/mol. The molecule has 5 rings (SSSR count). The monoisotopic (exact) mass is 436 g/mol. The highest BCUT2D eigenvalue weighted by atomic mass is 35.5. The van der Waals surface area contributed by atoms with Crippen LogP contribution in [0.3, 0.4) is 0 Å². The van der Waals surface area contributed by atoms with E-state index in [4.69, 9.17) is 16.3 Å². The summed E-state index contributed by atoms with van der Waals surface area (Å²) >= 11 is 6.12. The lowest BCUT2D eigenvalue weighted by molar-refractivity contribution is -0.133. The first-order valence-corrected chi connectivity index (χ1v) is 10.5. The van der Waals surface area contributed by atoms with Crippen molar-refractivity contribution in [2.24, 2.45) is 0 Å². The number of anilines is 1. The molecule has 0 radical (unpaired) electrons. The molecule has 8 nitrogen and oxygen atoms in total. The van der Waals surface area contributed by atoms with Gasteiger partial charge in [-0.15, -0.1) is 0 Å². The van der Waals surface area contributed by atoms with Gasteiger partial charge in [-0.2, -0.15) is 4.68 Å². The van der Waals surface area contributed by atoms with Gasteiger partial charge in [0.05, 0.1) is 18.9 Å². The Balaban J connectivity index is 1.56. The number of ether oxygens (including phenoxy) is 1. The topological polar surface area (TPSA) is 76.4 Å². The van der Waals surface area contributed by atoms with Crippen molar-refractivity contribution in [2.45, 2.75) is 6.04 Å². The number of nitrogens with zero attached hydrogens (tertiary/aromatic N) is 6. The minimum Gasteiger partial charge on any atom is -0.378 e. The van der Waals surface area contributed by atoms with Crippen molar-refractivity contribution in [3.05, 3.63) is 76.8 Å². The quantitative estimate of drug-likeness (QED) is 0.625. The molecule has 2 aliphatic heterocycles. The molecular weight excluding hydrogens is 416 g/mol. The van der Waals surface area contributed by atoms with Gasteiger partial charge in [-0.05, 0) is 39.8 Å². The molecule has 0 bridgehead atoms. The minimum absolute atomic E-state index is 0.0101. The van der Waals surface area contributed by atoms with E-state index in [9.17, 15) is 4.79 Å². The van der Waals surface area contributed by atoms with Crippen molar-refractivity contribution >= 4 is 29.2 Å². The van der Waals surface area contributed by atoms with E-state index >= 15 is 0 Å². The number of rotatable bonds is 4. The number of hydrogen-bond acceptors (Lipinski definition) is 6. The van der Waals surface area contributed by atoms with Gasteiger partial charge in [0.1, 0.15) is 12.6 Å². The predicted molar refractivity (Wildman–Crippen MR) is 117 cm³/mol. The number of allylic oxidation sites excluding steroid dienone is 1. The molecule has 2 aromatic carbocycles. The number of benzene rings is 2. The summed E-state index contributed by atoms with van der Waals surface area (Å²) in [6.07, 6.45) is 2.09. The molecule has 0 unspecified atom stereocenters. The third-order valence-electron chi connectivity index (χ3n) is 5.53. The Hall–Kier alpha value is -3.23. The molecule has 158 valence electrons. The SMILES string of the molecule is O=C(CN1C(c2ccc(Cl)cc2)=C[C@H](c2ccccc2)n2nnnc21)N1CCOCC1. The summed E-state index contributed by atoms with van der Waals surface area (Å²) < 4.78 is 7.13. The second-order valence-corrected chi connectivity index (χ2v) is 7.85. The molecule has 1 saturated heterocycles. The maximum absolute atomic E-state index is 13.1. The largest absolute Gasteiger partial charge is 0.378 e. The Morgan fingerprint density at radius 2 is 1.81 bits per heavy atom. The highest BCUT2D eigenvalue weighted by molar-refractivity contribution is 6.30. The molecule has 3 aromatic rings. The molecule has 9 heteroatoms. The van der Waals surface area contributed by atoms with Crippen LogP contribution in [-0.4, -0.2) is 63.9 Å². The maximum atomic E-state index is 13.1. The van der Waals surface area contributed by atoms with Crippen molar-refractivity contribution in [1.29, 1.82) is 0 Å². The van der Waals surface area contributed by atoms with E-state index in [1.807, 2.05) is 64.4 Å². The third-order valence-corrected chi connectivity index (χ3v) is 5.78. The van der Waals surface area contributed by atoms with E-state index in [0.717, 1.165) is 16.8 Å². The van der Waals surface area contributed by atoms with Crippen LogP contribution in [0, 0.1) is 0 Å².